The van der Waals surface area contributed by atoms with Crippen molar-refractivity contribution in [2.45, 2.75) is 19.9 Å². The Morgan fingerprint density at radius 1 is 1.29 bits per heavy atom. The minimum Gasteiger partial charge on any atom is -0.468 e. The first-order chi connectivity index (χ1) is 9.97. The highest BCUT2D eigenvalue weighted by Crippen LogP contribution is 2.16. The second-order valence-electron chi connectivity index (χ2n) is 4.76. The lowest BCUT2D eigenvalue weighted by Gasteiger charge is -2.17. The zero-order valence-corrected chi connectivity index (χ0v) is 13.0. The van der Waals surface area contributed by atoms with Crippen LogP contribution >= 0.6 is 0 Å². The predicted molar refractivity (Wildman–Crippen MR) is 82.2 cm³/mol. The molecule has 0 aliphatic heterocycles. The van der Waals surface area contributed by atoms with Crippen LogP contribution < -0.4 is 10.6 Å². The van der Waals surface area contributed by atoms with Gasteiger partial charge in [0.15, 0.2) is 0 Å². The number of benzene rings is 1. The summed E-state index contributed by atoms with van der Waals surface area (Å²) in [5.41, 5.74) is 1.84. The first-order valence-corrected chi connectivity index (χ1v) is 6.90. The van der Waals surface area contributed by atoms with Crippen molar-refractivity contribution in [1.29, 1.82) is 0 Å². The molecule has 2 N–H and O–H groups in total. The van der Waals surface area contributed by atoms with Gasteiger partial charge < -0.3 is 20.3 Å². The number of carbonyl (C=O) groups excluding carboxylic acids is 2. The number of methoxy groups -OCH3 is 1. The van der Waals surface area contributed by atoms with Gasteiger partial charge in [-0.25, -0.2) is 4.79 Å². The zero-order chi connectivity index (χ0) is 15.8. The molecule has 0 aliphatic rings. The van der Waals surface area contributed by atoms with Gasteiger partial charge in [-0.1, -0.05) is 19.1 Å². The van der Waals surface area contributed by atoms with Crippen molar-refractivity contribution in [1.82, 2.24) is 10.2 Å². The van der Waals surface area contributed by atoms with Gasteiger partial charge in [0.1, 0.15) is 6.54 Å². The van der Waals surface area contributed by atoms with Crippen LogP contribution in [0.2, 0.25) is 0 Å². The highest BCUT2D eigenvalue weighted by Gasteiger charge is 2.13. The van der Waals surface area contributed by atoms with Crippen LogP contribution in [0.1, 0.15) is 25.5 Å². The third kappa shape index (κ3) is 5.43. The highest BCUT2D eigenvalue weighted by atomic mass is 16.5. The third-order valence-corrected chi connectivity index (χ3v) is 3.11. The summed E-state index contributed by atoms with van der Waals surface area (Å²) in [5.74, 6) is -0.456. The lowest BCUT2D eigenvalue weighted by Crippen LogP contribution is -2.35. The molecule has 0 spiro atoms. The molecule has 1 unspecified atom stereocenters. The van der Waals surface area contributed by atoms with E-state index in [0.717, 1.165) is 12.1 Å². The van der Waals surface area contributed by atoms with E-state index in [1.165, 1.54) is 19.1 Å². The molecule has 0 fully saturated rings. The van der Waals surface area contributed by atoms with Crippen molar-refractivity contribution >= 4 is 17.7 Å². The second kappa shape index (κ2) is 8.26. The van der Waals surface area contributed by atoms with Crippen LogP contribution in [-0.4, -0.2) is 44.1 Å². The van der Waals surface area contributed by atoms with Gasteiger partial charge in [-0.3, -0.25) is 4.79 Å². The molecule has 0 heterocycles. The largest absolute Gasteiger partial charge is 0.468 e. The van der Waals surface area contributed by atoms with Crippen molar-refractivity contribution in [3.8, 4) is 0 Å². The van der Waals surface area contributed by atoms with Gasteiger partial charge >= 0.3 is 12.0 Å². The Morgan fingerprint density at radius 3 is 2.43 bits per heavy atom. The topological polar surface area (TPSA) is 70.7 Å². The fourth-order valence-electron chi connectivity index (χ4n) is 1.83. The molecule has 0 aliphatic carbocycles. The molecule has 6 heteroatoms. The number of anilines is 1. The number of rotatable bonds is 6. The molecule has 6 nitrogen and oxygen atoms in total. The van der Waals surface area contributed by atoms with E-state index in [4.69, 9.17) is 0 Å². The number of ether oxygens (including phenoxy) is 1. The average Bonchev–Trinajstić information content (AvgIpc) is 2.47. The van der Waals surface area contributed by atoms with Gasteiger partial charge in [0.2, 0.25) is 0 Å². The molecule has 0 radical (unpaired) electrons. The zero-order valence-electron chi connectivity index (χ0n) is 13.0. The minimum atomic E-state index is -0.456. The van der Waals surface area contributed by atoms with Crippen molar-refractivity contribution in [2.75, 3.05) is 32.6 Å². The van der Waals surface area contributed by atoms with Crippen LogP contribution in [0.15, 0.2) is 24.3 Å². The SMILES string of the molecule is CCNC(C)c1ccc(NC(=O)N(C)CC(=O)OC)cc1. The van der Waals surface area contributed by atoms with E-state index in [2.05, 4.69) is 29.2 Å². The Bertz CT molecular complexity index is 474. The maximum atomic E-state index is 11.9. The molecule has 0 aromatic heterocycles. The number of nitrogens with one attached hydrogen (secondary N) is 2. The van der Waals surface area contributed by atoms with Gasteiger partial charge in [-0.05, 0) is 31.2 Å². The van der Waals surface area contributed by atoms with Gasteiger partial charge in [0.25, 0.3) is 0 Å². The van der Waals surface area contributed by atoms with E-state index >= 15 is 0 Å². The van der Waals surface area contributed by atoms with E-state index < -0.39 is 5.97 Å². The molecule has 2 amide bonds. The fraction of sp³-hybridized carbons (Fsp3) is 0.467. The lowest BCUT2D eigenvalue weighted by atomic mass is 10.1. The minimum absolute atomic E-state index is 0.0854. The average molecular weight is 293 g/mol. The number of nitrogens with zero attached hydrogens (tertiary/aromatic N) is 1. The summed E-state index contributed by atoms with van der Waals surface area (Å²) >= 11 is 0. The second-order valence-corrected chi connectivity index (χ2v) is 4.76. The van der Waals surface area contributed by atoms with E-state index in [-0.39, 0.29) is 18.6 Å². The van der Waals surface area contributed by atoms with E-state index in [1.54, 1.807) is 0 Å². The van der Waals surface area contributed by atoms with E-state index in [1.807, 2.05) is 24.3 Å². The molecule has 1 rings (SSSR count). The van der Waals surface area contributed by atoms with Crippen molar-refractivity contribution in [3.63, 3.8) is 0 Å². The van der Waals surface area contributed by atoms with E-state index in [9.17, 15) is 9.59 Å². The van der Waals surface area contributed by atoms with Crippen LogP contribution in [0.5, 0.6) is 0 Å². The Labute approximate surface area is 125 Å². The summed E-state index contributed by atoms with van der Waals surface area (Å²) in [5, 5.41) is 6.05. The summed E-state index contributed by atoms with van der Waals surface area (Å²) in [6, 6.07) is 7.52. The molecule has 1 aromatic carbocycles. The summed E-state index contributed by atoms with van der Waals surface area (Å²) in [6.45, 7) is 4.96. The first kappa shape index (κ1) is 17.0. The Kier molecular flexibility index (Phi) is 6.68. The number of urea groups is 1. The van der Waals surface area contributed by atoms with Gasteiger partial charge in [0.05, 0.1) is 7.11 Å². The predicted octanol–water partition coefficient (Wildman–Crippen LogP) is 1.99. The molecule has 116 valence electrons. The van der Waals surface area contributed by atoms with Gasteiger partial charge in [-0.15, -0.1) is 0 Å². The smallest absolute Gasteiger partial charge is 0.325 e. The van der Waals surface area contributed by atoms with Crippen LogP contribution in [-0.2, 0) is 9.53 Å². The number of esters is 1. The molecule has 0 saturated heterocycles. The maximum absolute atomic E-state index is 11.9. The maximum Gasteiger partial charge on any atom is 0.325 e. The van der Waals surface area contributed by atoms with Gasteiger partial charge in [-0.2, -0.15) is 0 Å². The van der Waals surface area contributed by atoms with E-state index in [0.29, 0.717) is 5.69 Å². The molecular formula is C15H23N3O3. The van der Waals surface area contributed by atoms with Gasteiger partial charge in [0, 0.05) is 18.8 Å². The quantitative estimate of drug-likeness (QED) is 0.787. The normalized spacial score (nSPS) is 11.6. The number of likely N-dealkylation sites (N-methyl/N-ethyl adjacent to an activating group) is 1. The van der Waals surface area contributed by atoms with Crippen LogP contribution in [0.3, 0.4) is 0 Å². The van der Waals surface area contributed by atoms with Crippen LogP contribution in [0, 0.1) is 0 Å². The molecule has 1 atom stereocenters. The van der Waals surface area contributed by atoms with Crippen molar-refractivity contribution in [2.24, 2.45) is 0 Å². The summed E-state index contributed by atoms with van der Waals surface area (Å²) in [4.78, 5) is 24.3. The fourth-order valence-corrected chi connectivity index (χ4v) is 1.83. The standard InChI is InChI=1S/C15H23N3O3/c1-5-16-11(2)12-6-8-13(9-7-12)17-15(20)18(3)10-14(19)21-4/h6-9,11,16H,5,10H2,1-4H3,(H,17,20). The molecule has 0 bridgehead atoms. The lowest BCUT2D eigenvalue weighted by molar-refractivity contribution is -0.140. The summed E-state index contributed by atoms with van der Waals surface area (Å²) < 4.78 is 4.52. The summed E-state index contributed by atoms with van der Waals surface area (Å²) in [7, 11) is 2.83. The first-order valence-electron chi connectivity index (χ1n) is 6.90. The Balaban J connectivity index is 2.59. The number of amides is 2. The summed E-state index contributed by atoms with van der Waals surface area (Å²) in [6.07, 6.45) is 0. The molecular weight excluding hydrogens is 270 g/mol. The number of carbonyl (C=O) groups is 2. The molecule has 0 saturated carbocycles. The Hall–Kier alpha value is -2.08. The monoisotopic (exact) mass is 293 g/mol. The highest BCUT2D eigenvalue weighted by molar-refractivity contribution is 5.91. The van der Waals surface area contributed by atoms with Crippen LogP contribution in [0.25, 0.3) is 0 Å². The van der Waals surface area contributed by atoms with Crippen molar-refractivity contribution in [3.05, 3.63) is 29.8 Å². The third-order valence-electron chi connectivity index (χ3n) is 3.11. The van der Waals surface area contributed by atoms with Crippen LogP contribution in [0.4, 0.5) is 10.5 Å². The Morgan fingerprint density at radius 2 is 1.90 bits per heavy atom. The molecule has 1 aromatic rings. The number of hydrogen-bond donors (Lipinski definition) is 2. The molecule has 21 heavy (non-hydrogen) atoms. The number of hydrogen-bond acceptors (Lipinski definition) is 4. The van der Waals surface area contributed by atoms with Crippen molar-refractivity contribution < 1.29 is 14.3 Å².